The number of nitrogens with zero attached hydrogens (tertiary/aromatic N) is 4. The van der Waals surface area contributed by atoms with Crippen LogP contribution in [0.1, 0.15) is 0 Å². The predicted molar refractivity (Wildman–Crippen MR) is 259 cm³/mol. The lowest BCUT2D eigenvalue weighted by Crippen LogP contribution is -2.02. The zero-order valence-corrected chi connectivity index (χ0v) is 33.9. The van der Waals surface area contributed by atoms with Crippen molar-refractivity contribution in [2.45, 2.75) is 0 Å². The van der Waals surface area contributed by atoms with Crippen LogP contribution in [0.4, 0.5) is 0 Å². The number of rotatable bonds is 4. The fourth-order valence-corrected chi connectivity index (χ4v) is 11.1. The molecule has 0 saturated carbocycles. The molecule has 5 aromatic heterocycles. The molecule has 0 aliphatic carbocycles. The third-order valence-corrected chi connectivity index (χ3v) is 13.9. The Morgan fingerprint density at radius 2 is 1.02 bits per heavy atom. The highest BCUT2D eigenvalue weighted by Gasteiger charge is 2.22. The highest BCUT2D eigenvalue weighted by atomic mass is 32.1. The van der Waals surface area contributed by atoms with Gasteiger partial charge >= 0.3 is 0 Å². The van der Waals surface area contributed by atoms with Gasteiger partial charge in [0, 0.05) is 53.7 Å². The molecule has 0 bridgehead atoms. The molecule has 0 spiro atoms. The topological polar surface area (TPSA) is 48.8 Å². The van der Waals surface area contributed by atoms with E-state index in [4.69, 9.17) is 14.4 Å². The Labute approximate surface area is 358 Å². The van der Waals surface area contributed by atoms with Crippen LogP contribution in [-0.4, -0.2) is 19.1 Å². The molecule has 0 unspecified atom stereocenters. The van der Waals surface area contributed by atoms with E-state index in [1.165, 1.54) is 42.8 Å². The van der Waals surface area contributed by atoms with E-state index in [2.05, 4.69) is 203 Å². The average Bonchev–Trinajstić information content (AvgIpc) is 4.09. The zero-order chi connectivity index (χ0) is 40.5. The van der Waals surface area contributed by atoms with Crippen LogP contribution in [0.5, 0.6) is 0 Å². The standard InChI is InChI=1S/C56H32N4OS/c1-2-13-37(14-3-1)59-45-19-9-6-16-39(45)43-30-34(23-27-47(43)59)35-24-28-48-44(31-35)40-17-7-10-20-46(40)60(48)56-57-53(55-54(58-56)42-18-8-11-21-51(42)62-55)36-22-26-41-50(32-36)61-49-29-25-33-12-4-5-15-38(33)52(41)49/h1-32H. The van der Waals surface area contributed by atoms with Crippen molar-refractivity contribution >= 4 is 108 Å². The van der Waals surface area contributed by atoms with Crippen LogP contribution < -0.4 is 0 Å². The number of benzene rings is 9. The molecule has 0 saturated heterocycles. The van der Waals surface area contributed by atoms with Crippen molar-refractivity contribution in [3.63, 3.8) is 0 Å². The van der Waals surface area contributed by atoms with E-state index in [1.807, 2.05) is 0 Å². The third-order valence-electron chi connectivity index (χ3n) is 12.7. The van der Waals surface area contributed by atoms with Crippen LogP contribution in [-0.2, 0) is 0 Å². The van der Waals surface area contributed by atoms with Crippen molar-refractivity contribution < 1.29 is 4.42 Å². The minimum absolute atomic E-state index is 0.640. The Balaban J connectivity index is 0.971. The SMILES string of the molecule is c1ccc(-n2c3ccccc3c3cc(-c4ccc5c(c4)c4ccccc4n5-c4nc(-c5ccc6c(c5)oc5ccc7ccccc7c56)c5sc6ccccc6c5n4)ccc32)cc1. The summed E-state index contributed by atoms with van der Waals surface area (Å²) in [7, 11) is 0. The zero-order valence-electron chi connectivity index (χ0n) is 33.1. The van der Waals surface area contributed by atoms with Crippen molar-refractivity contribution in [1.82, 2.24) is 19.1 Å². The molecule has 0 radical (unpaired) electrons. The van der Waals surface area contributed by atoms with Crippen LogP contribution >= 0.6 is 11.3 Å². The summed E-state index contributed by atoms with van der Waals surface area (Å²) in [5.41, 5.74) is 12.6. The van der Waals surface area contributed by atoms with Crippen molar-refractivity contribution in [3.8, 4) is 34.0 Å². The first-order valence-corrected chi connectivity index (χ1v) is 21.7. The molecule has 0 fully saturated rings. The Kier molecular flexibility index (Phi) is 6.92. The molecule has 14 rings (SSSR count). The van der Waals surface area contributed by atoms with Gasteiger partial charge < -0.3 is 8.98 Å². The molecule has 6 heteroatoms. The van der Waals surface area contributed by atoms with Crippen molar-refractivity contribution in [2.24, 2.45) is 0 Å². The second-order valence-corrected chi connectivity index (χ2v) is 17.2. The maximum absolute atomic E-state index is 6.58. The first kappa shape index (κ1) is 33.7. The second-order valence-electron chi connectivity index (χ2n) is 16.1. The molecule has 0 N–H and O–H groups in total. The van der Waals surface area contributed by atoms with E-state index >= 15 is 0 Å². The maximum Gasteiger partial charge on any atom is 0.235 e. The van der Waals surface area contributed by atoms with Crippen LogP contribution in [0, 0.1) is 0 Å². The van der Waals surface area contributed by atoms with E-state index < -0.39 is 0 Å². The summed E-state index contributed by atoms with van der Waals surface area (Å²) in [5.74, 6) is 0.640. The summed E-state index contributed by atoms with van der Waals surface area (Å²) in [4.78, 5) is 10.9. The van der Waals surface area contributed by atoms with Gasteiger partial charge in [0.15, 0.2) is 0 Å². The second kappa shape index (κ2) is 12.7. The molecule has 14 aromatic rings. The summed E-state index contributed by atoms with van der Waals surface area (Å²) in [6.45, 7) is 0. The van der Waals surface area contributed by atoms with Crippen LogP contribution in [0.25, 0.3) is 131 Å². The lowest BCUT2D eigenvalue weighted by Gasteiger charge is -2.11. The number of thiophene rings is 1. The predicted octanol–water partition coefficient (Wildman–Crippen LogP) is 15.4. The maximum atomic E-state index is 6.58. The number of hydrogen-bond donors (Lipinski definition) is 0. The van der Waals surface area contributed by atoms with E-state index in [0.717, 1.165) is 81.9 Å². The summed E-state index contributed by atoms with van der Waals surface area (Å²) in [6, 6.07) is 69.5. The van der Waals surface area contributed by atoms with Gasteiger partial charge in [0.2, 0.25) is 5.95 Å². The van der Waals surface area contributed by atoms with E-state index in [0.29, 0.717) is 5.95 Å². The summed E-state index contributed by atoms with van der Waals surface area (Å²) < 4.78 is 13.4. The van der Waals surface area contributed by atoms with Gasteiger partial charge in [-0.2, -0.15) is 0 Å². The number of furan rings is 1. The number of fused-ring (bicyclic) bond motifs is 14. The molecule has 288 valence electrons. The van der Waals surface area contributed by atoms with Gasteiger partial charge in [-0.1, -0.05) is 121 Å². The van der Waals surface area contributed by atoms with Crippen LogP contribution in [0.3, 0.4) is 0 Å². The highest BCUT2D eigenvalue weighted by Crippen LogP contribution is 2.43. The summed E-state index contributed by atoms with van der Waals surface area (Å²) in [5, 5.41) is 10.5. The van der Waals surface area contributed by atoms with Crippen molar-refractivity contribution in [1.29, 1.82) is 0 Å². The normalized spacial score (nSPS) is 12.2. The number of aromatic nitrogens is 4. The molecular formula is C56H32N4OS. The van der Waals surface area contributed by atoms with Gasteiger partial charge in [-0.3, -0.25) is 4.57 Å². The first-order chi connectivity index (χ1) is 30.7. The average molecular weight is 809 g/mol. The lowest BCUT2D eigenvalue weighted by molar-refractivity contribution is 0.669. The molecule has 0 aliphatic heterocycles. The van der Waals surface area contributed by atoms with Gasteiger partial charge in [0.1, 0.15) is 11.2 Å². The Morgan fingerprint density at radius 3 is 1.79 bits per heavy atom. The Bertz CT molecular complexity index is 4170. The number of hydrogen-bond acceptors (Lipinski definition) is 4. The van der Waals surface area contributed by atoms with Gasteiger partial charge in [-0.05, 0) is 94.7 Å². The largest absolute Gasteiger partial charge is 0.456 e. The highest BCUT2D eigenvalue weighted by molar-refractivity contribution is 7.26. The smallest absolute Gasteiger partial charge is 0.235 e. The summed E-state index contributed by atoms with van der Waals surface area (Å²) >= 11 is 1.74. The van der Waals surface area contributed by atoms with E-state index in [1.54, 1.807) is 11.3 Å². The summed E-state index contributed by atoms with van der Waals surface area (Å²) in [6.07, 6.45) is 0. The van der Waals surface area contributed by atoms with Gasteiger partial charge in [0.05, 0.1) is 38.0 Å². The Hall–Kier alpha value is -8.06. The molecule has 5 heterocycles. The van der Waals surface area contributed by atoms with Gasteiger partial charge in [-0.15, -0.1) is 11.3 Å². The van der Waals surface area contributed by atoms with Gasteiger partial charge in [0.25, 0.3) is 0 Å². The van der Waals surface area contributed by atoms with E-state index in [-0.39, 0.29) is 0 Å². The molecular weight excluding hydrogens is 777 g/mol. The molecule has 0 aliphatic rings. The molecule has 62 heavy (non-hydrogen) atoms. The fraction of sp³-hybridized carbons (Fsp3) is 0. The Morgan fingerprint density at radius 1 is 0.403 bits per heavy atom. The third kappa shape index (κ3) is 4.78. The van der Waals surface area contributed by atoms with Crippen molar-refractivity contribution in [2.75, 3.05) is 0 Å². The van der Waals surface area contributed by atoms with E-state index in [9.17, 15) is 0 Å². The molecule has 5 nitrogen and oxygen atoms in total. The van der Waals surface area contributed by atoms with Crippen LogP contribution in [0.15, 0.2) is 199 Å². The minimum Gasteiger partial charge on any atom is -0.456 e. The van der Waals surface area contributed by atoms with Gasteiger partial charge in [-0.25, -0.2) is 9.97 Å². The van der Waals surface area contributed by atoms with Crippen LogP contribution in [0.2, 0.25) is 0 Å². The number of para-hydroxylation sites is 3. The van der Waals surface area contributed by atoms with Crippen molar-refractivity contribution in [3.05, 3.63) is 194 Å². The lowest BCUT2D eigenvalue weighted by atomic mass is 10.0. The first-order valence-electron chi connectivity index (χ1n) is 20.9. The fourth-order valence-electron chi connectivity index (χ4n) is 9.94. The monoisotopic (exact) mass is 808 g/mol. The molecule has 0 amide bonds. The minimum atomic E-state index is 0.640. The molecule has 0 atom stereocenters. The molecule has 9 aromatic carbocycles. The quantitative estimate of drug-likeness (QED) is 0.178.